The normalized spacial score (nSPS) is 19.5. The smallest absolute Gasteiger partial charge is 0.142 e. The molecule has 1 aromatic rings. The minimum absolute atomic E-state index is 0.0930. The number of rotatable bonds is 3. The molecule has 0 aliphatic carbocycles. The standard InChI is InChI=1S/C13H18ClFN2S/c14-11-3-2-10(8-12(11)15)13(9-16)17-4-1-6-18-7-5-17/h2-3,8,13H,1,4-7,9,16H2. The van der Waals surface area contributed by atoms with Crippen molar-refractivity contribution in [2.75, 3.05) is 31.1 Å². The third-order valence-electron chi connectivity index (χ3n) is 3.25. The summed E-state index contributed by atoms with van der Waals surface area (Å²) in [6, 6.07) is 5.09. The minimum Gasteiger partial charge on any atom is -0.329 e. The van der Waals surface area contributed by atoms with Gasteiger partial charge in [0.2, 0.25) is 0 Å². The van der Waals surface area contributed by atoms with Crippen LogP contribution in [0.1, 0.15) is 18.0 Å². The Morgan fingerprint density at radius 1 is 1.39 bits per heavy atom. The second kappa shape index (κ2) is 6.75. The Morgan fingerprint density at radius 3 is 2.94 bits per heavy atom. The molecular formula is C13H18ClFN2S. The highest BCUT2D eigenvalue weighted by Gasteiger charge is 2.21. The van der Waals surface area contributed by atoms with E-state index in [0.717, 1.165) is 30.8 Å². The summed E-state index contributed by atoms with van der Waals surface area (Å²) in [4.78, 5) is 2.35. The summed E-state index contributed by atoms with van der Waals surface area (Å²) in [5, 5.41) is 0.168. The van der Waals surface area contributed by atoms with Gasteiger partial charge in [-0.3, -0.25) is 4.90 Å². The van der Waals surface area contributed by atoms with Crippen LogP contribution < -0.4 is 5.73 Å². The zero-order valence-corrected chi connectivity index (χ0v) is 11.8. The van der Waals surface area contributed by atoms with Gasteiger partial charge in [0.25, 0.3) is 0 Å². The van der Waals surface area contributed by atoms with Crippen molar-refractivity contribution in [2.45, 2.75) is 12.5 Å². The maximum atomic E-state index is 13.5. The molecule has 1 aliphatic rings. The molecular weight excluding hydrogens is 271 g/mol. The van der Waals surface area contributed by atoms with Crippen molar-refractivity contribution < 1.29 is 4.39 Å². The van der Waals surface area contributed by atoms with Crippen LogP contribution in [0.25, 0.3) is 0 Å². The monoisotopic (exact) mass is 288 g/mol. The van der Waals surface area contributed by atoms with Gasteiger partial charge in [-0.15, -0.1) is 0 Å². The molecule has 1 aliphatic heterocycles. The molecule has 0 bridgehead atoms. The van der Waals surface area contributed by atoms with Crippen molar-refractivity contribution >= 4 is 23.4 Å². The van der Waals surface area contributed by atoms with Gasteiger partial charge >= 0.3 is 0 Å². The number of benzene rings is 1. The molecule has 18 heavy (non-hydrogen) atoms. The number of hydrogen-bond donors (Lipinski definition) is 1. The number of nitrogens with zero attached hydrogens (tertiary/aromatic N) is 1. The van der Waals surface area contributed by atoms with Crippen LogP contribution in [0.2, 0.25) is 5.02 Å². The first-order valence-electron chi connectivity index (χ1n) is 6.19. The quantitative estimate of drug-likeness (QED) is 0.927. The highest BCUT2D eigenvalue weighted by molar-refractivity contribution is 7.99. The zero-order chi connectivity index (χ0) is 13.0. The molecule has 1 atom stereocenters. The second-order valence-electron chi connectivity index (χ2n) is 4.43. The van der Waals surface area contributed by atoms with Crippen LogP contribution in [-0.2, 0) is 0 Å². The number of hydrogen-bond acceptors (Lipinski definition) is 3. The molecule has 5 heteroatoms. The van der Waals surface area contributed by atoms with Crippen LogP contribution in [-0.4, -0.2) is 36.0 Å². The summed E-state index contributed by atoms with van der Waals surface area (Å²) < 4.78 is 13.5. The van der Waals surface area contributed by atoms with Gasteiger partial charge < -0.3 is 5.73 Å². The van der Waals surface area contributed by atoms with Crippen LogP contribution in [0, 0.1) is 5.82 Å². The van der Waals surface area contributed by atoms with E-state index in [1.165, 1.54) is 11.8 Å². The van der Waals surface area contributed by atoms with Crippen molar-refractivity contribution in [3.63, 3.8) is 0 Å². The Balaban J connectivity index is 2.17. The number of halogens is 2. The summed E-state index contributed by atoms with van der Waals surface area (Å²) in [5.41, 5.74) is 6.79. The summed E-state index contributed by atoms with van der Waals surface area (Å²) in [6.45, 7) is 2.54. The van der Waals surface area contributed by atoms with Gasteiger partial charge in [-0.1, -0.05) is 17.7 Å². The average Bonchev–Trinajstić information content (AvgIpc) is 2.64. The van der Waals surface area contributed by atoms with E-state index in [1.54, 1.807) is 6.07 Å². The van der Waals surface area contributed by atoms with E-state index in [1.807, 2.05) is 17.8 Å². The Kier molecular flexibility index (Phi) is 5.30. The summed E-state index contributed by atoms with van der Waals surface area (Å²) >= 11 is 7.69. The van der Waals surface area contributed by atoms with E-state index >= 15 is 0 Å². The molecule has 0 aromatic heterocycles. The van der Waals surface area contributed by atoms with Crippen molar-refractivity contribution in [1.82, 2.24) is 4.90 Å². The molecule has 0 radical (unpaired) electrons. The van der Waals surface area contributed by atoms with Crippen LogP contribution in [0.15, 0.2) is 18.2 Å². The molecule has 1 saturated heterocycles. The highest BCUT2D eigenvalue weighted by Crippen LogP contribution is 2.25. The zero-order valence-electron chi connectivity index (χ0n) is 10.2. The van der Waals surface area contributed by atoms with Crippen molar-refractivity contribution in [3.05, 3.63) is 34.6 Å². The number of thioether (sulfide) groups is 1. The number of nitrogens with two attached hydrogens (primary N) is 1. The first-order chi connectivity index (χ1) is 8.72. The van der Waals surface area contributed by atoms with Gasteiger partial charge in [0.05, 0.1) is 5.02 Å². The topological polar surface area (TPSA) is 29.3 Å². The lowest BCUT2D eigenvalue weighted by atomic mass is 10.0. The fourth-order valence-electron chi connectivity index (χ4n) is 2.29. The van der Waals surface area contributed by atoms with Gasteiger partial charge in [-0.05, 0) is 36.4 Å². The molecule has 2 rings (SSSR count). The third-order valence-corrected chi connectivity index (χ3v) is 4.60. The molecule has 2 N–H and O–H groups in total. The van der Waals surface area contributed by atoms with E-state index in [4.69, 9.17) is 17.3 Å². The first kappa shape index (κ1) is 14.1. The maximum Gasteiger partial charge on any atom is 0.142 e. The SMILES string of the molecule is NCC(c1ccc(Cl)c(F)c1)N1CCCSCC1. The maximum absolute atomic E-state index is 13.5. The lowest BCUT2D eigenvalue weighted by molar-refractivity contribution is 0.217. The lowest BCUT2D eigenvalue weighted by Crippen LogP contribution is -2.35. The molecule has 1 unspecified atom stereocenters. The van der Waals surface area contributed by atoms with Gasteiger partial charge in [-0.2, -0.15) is 11.8 Å². The molecule has 0 saturated carbocycles. The van der Waals surface area contributed by atoms with Crippen molar-refractivity contribution in [2.24, 2.45) is 5.73 Å². The van der Waals surface area contributed by atoms with Crippen LogP contribution in [0.5, 0.6) is 0 Å². The van der Waals surface area contributed by atoms with Gasteiger partial charge in [0.15, 0.2) is 0 Å². The molecule has 2 nitrogen and oxygen atoms in total. The molecule has 1 heterocycles. The van der Waals surface area contributed by atoms with E-state index in [9.17, 15) is 4.39 Å². The molecule has 0 amide bonds. The predicted octanol–water partition coefficient (Wildman–Crippen LogP) is 2.92. The third kappa shape index (κ3) is 3.38. The van der Waals surface area contributed by atoms with Crippen LogP contribution >= 0.6 is 23.4 Å². The van der Waals surface area contributed by atoms with Crippen LogP contribution in [0.4, 0.5) is 4.39 Å². The Morgan fingerprint density at radius 2 is 2.22 bits per heavy atom. The molecule has 1 fully saturated rings. The van der Waals surface area contributed by atoms with Crippen molar-refractivity contribution in [1.29, 1.82) is 0 Å². The van der Waals surface area contributed by atoms with Crippen molar-refractivity contribution in [3.8, 4) is 0 Å². The minimum atomic E-state index is -0.364. The Labute approximate surface area is 117 Å². The second-order valence-corrected chi connectivity index (χ2v) is 6.06. The largest absolute Gasteiger partial charge is 0.329 e. The fraction of sp³-hybridized carbons (Fsp3) is 0.538. The lowest BCUT2D eigenvalue weighted by Gasteiger charge is -2.29. The summed E-state index contributed by atoms with van der Waals surface area (Å²) in [7, 11) is 0. The van der Waals surface area contributed by atoms with E-state index in [-0.39, 0.29) is 16.9 Å². The van der Waals surface area contributed by atoms with Gasteiger partial charge in [0.1, 0.15) is 5.82 Å². The fourth-order valence-corrected chi connectivity index (χ4v) is 3.31. The van der Waals surface area contributed by atoms with E-state index in [0.29, 0.717) is 6.54 Å². The van der Waals surface area contributed by atoms with E-state index in [2.05, 4.69) is 4.90 Å². The molecule has 0 spiro atoms. The summed E-state index contributed by atoms with van der Waals surface area (Å²) in [5.74, 6) is 1.95. The molecule has 1 aromatic carbocycles. The first-order valence-corrected chi connectivity index (χ1v) is 7.72. The van der Waals surface area contributed by atoms with Gasteiger partial charge in [-0.25, -0.2) is 4.39 Å². The van der Waals surface area contributed by atoms with Crippen LogP contribution in [0.3, 0.4) is 0 Å². The van der Waals surface area contributed by atoms with E-state index < -0.39 is 0 Å². The Bertz CT molecular complexity index is 395. The predicted molar refractivity (Wildman–Crippen MR) is 76.7 cm³/mol. The molecule has 100 valence electrons. The Hall–Kier alpha value is -0.290. The highest BCUT2D eigenvalue weighted by atomic mass is 35.5. The van der Waals surface area contributed by atoms with Gasteiger partial charge in [0, 0.05) is 24.9 Å². The summed E-state index contributed by atoms with van der Waals surface area (Å²) in [6.07, 6.45) is 1.16. The average molecular weight is 289 g/mol.